The number of aromatic nitrogens is 2. The van der Waals surface area contributed by atoms with E-state index in [1.807, 2.05) is 14.1 Å². The van der Waals surface area contributed by atoms with Gasteiger partial charge in [-0.2, -0.15) is 0 Å². The second-order valence-electron chi connectivity index (χ2n) is 4.55. The van der Waals surface area contributed by atoms with Crippen LogP contribution in [-0.2, 0) is 0 Å². The maximum atomic E-state index is 13.0. The van der Waals surface area contributed by atoms with Gasteiger partial charge in [-0.3, -0.25) is 0 Å². The zero-order chi connectivity index (χ0) is 12.4. The number of likely N-dealkylation sites (N-methyl/N-ethyl adjacent to an activating group) is 1. The maximum absolute atomic E-state index is 13.0. The summed E-state index contributed by atoms with van der Waals surface area (Å²) in [5.41, 5.74) is 1.48. The Morgan fingerprint density at radius 1 is 1.47 bits per heavy atom. The quantitative estimate of drug-likeness (QED) is 0.854. The summed E-state index contributed by atoms with van der Waals surface area (Å²) in [5, 5.41) is 3.25. The standard InChI is InChI=1S/C12H17FN4/c1-8(7-17(2)3)14-12-15-10-5-4-9(13)6-11(10)16-12/h4-6,8H,7H2,1-3H3,(H2,14,15,16). The number of fused-ring (bicyclic) bond motifs is 1. The van der Waals surface area contributed by atoms with Gasteiger partial charge in [-0.1, -0.05) is 0 Å². The largest absolute Gasteiger partial charge is 0.352 e. The summed E-state index contributed by atoms with van der Waals surface area (Å²) in [6, 6.07) is 4.80. The first kappa shape index (κ1) is 11.9. The second kappa shape index (κ2) is 4.71. The molecule has 0 aliphatic heterocycles. The number of nitrogens with one attached hydrogen (secondary N) is 2. The van der Waals surface area contributed by atoms with Crippen molar-refractivity contribution in [3.05, 3.63) is 24.0 Å². The molecule has 0 fully saturated rings. The Morgan fingerprint density at radius 3 is 2.94 bits per heavy atom. The Kier molecular flexibility index (Phi) is 3.28. The van der Waals surface area contributed by atoms with Crippen molar-refractivity contribution in [2.45, 2.75) is 13.0 Å². The molecule has 0 saturated carbocycles. The number of halogens is 1. The summed E-state index contributed by atoms with van der Waals surface area (Å²) < 4.78 is 13.0. The third-order valence-electron chi connectivity index (χ3n) is 2.47. The molecule has 1 unspecified atom stereocenters. The third kappa shape index (κ3) is 2.94. The molecule has 4 nitrogen and oxygen atoms in total. The molecule has 1 aromatic heterocycles. The van der Waals surface area contributed by atoms with Crippen LogP contribution in [0.25, 0.3) is 11.0 Å². The highest BCUT2D eigenvalue weighted by molar-refractivity contribution is 5.77. The third-order valence-corrected chi connectivity index (χ3v) is 2.47. The van der Waals surface area contributed by atoms with Crippen LogP contribution in [-0.4, -0.2) is 41.5 Å². The molecule has 2 rings (SSSR count). The fourth-order valence-electron chi connectivity index (χ4n) is 1.88. The highest BCUT2D eigenvalue weighted by atomic mass is 19.1. The minimum absolute atomic E-state index is 0.256. The Labute approximate surface area is 99.8 Å². The predicted molar refractivity (Wildman–Crippen MR) is 67.7 cm³/mol. The number of H-pyrrole nitrogens is 1. The van der Waals surface area contributed by atoms with E-state index in [2.05, 4.69) is 27.1 Å². The van der Waals surface area contributed by atoms with Gasteiger partial charge in [0.05, 0.1) is 11.0 Å². The molecular formula is C12H17FN4. The molecule has 1 aromatic carbocycles. The fraction of sp³-hybridized carbons (Fsp3) is 0.417. The van der Waals surface area contributed by atoms with Crippen molar-refractivity contribution in [3.63, 3.8) is 0 Å². The lowest BCUT2D eigenvalue weighted by Crippen LogP contribution is -2.29. The summed E-state index contributed by atoms with van der Waals surface area (Å²) in [6.07, 6.45) is 0. The van der Waals surface area contributed by atoms with E-state index < -0.39 is 0 Å². The monoisotopic (exact) mass is 236 g/mol. The Morgan fingerprint density at radius 2 is 2.24 bits per heavy atom. The van der Waals surface area contributed by atoms with Crippen LogP contribution in [0.15, 0.2) is 18.2 Å². The first-order valence-corrected chi connectivity index (χ1v) is 5.61. The molecule has 1 heterocycles. The van der Waals surface area contributed by atoms with E-state index in [-0.39, 0.29) is 11.9 Å². The maximum Gasteiger partial charge on any atom is 0.201 e. The normalized spacial score (nSPS) is 13.2. The molecule has 0 spiro atoms. The first-order chi connectivity index (χ1) is 8.04. The molecule has 0 amide bonds. The number of hydrogen-bond acceptors (Lipinski definition) is 3. The van der Waals surface area contributed by atoms with Crippen molar-refractivity contribution >= 4 is 17.0 Å². The average Bonchev–Trinajstić information content (AvgIpc) is 2.57. The van der Waals surface area contributed by atoms with Gasteiger partial charge in [-0.25, -0.2) is 9.37 Å². The van der Waals surface area contributed by atoms with Crippen LogP contribution in [0.1, 0.15) is 6.92 Å². The number of nitrogens with zero attached hydrogens (tertiary/aromatic N) is 2. The van der Waals surface area contributed by atoms with Crippen LogP contribution < -0.4 is 5.32 Å². The molecule has 0 radical (unpaired) electrons. The molecule has 2 aromatic rings. The second-order valence-corrected chi connectivity index (χ2v) is 4.55. The van der Waals surface area contributed by atoms with E-state index in [1.54, 1.807) is 6.07 Å². The lowest BCUT2D eigenvalue weighted by atomic mass is 10.3. The summed E-state index contributed by atoms with van der Waals surface area (Å²) in [5.74, 6) is 0.425. The number of aromatic amines is 1. The molecule has 0 aliphatic carbocycles. The Hall–Kier alpha value is -1.62. The number of anilines is 1. The van der Waals surface area contributed by atoms with Crippen LogP contribution in [0.2, 0.25) is 0 Å². The number of rotatable bonds is 4. The summed E-state index contributed by atoms with van der Waals surface area (Å²) in [4.78, 5) is 9.51. The fourth-order valence-corrected chi connectivity index (χ4v) is 1.88. The molecular weight excluding hydrogens is 219 g/mol. The van der Waals surface area contributed by atoms with Crippen LogP contribution >= 0.6 is 0 Å². The van der Waals surface area contributed by atoms with Crippen molar-refractivity contribution in [3.8, 4) is 0 Å². The van der Waals surface area contributed by atoms with Gasteiger partial charge in [0, 0.05) is 12.6 Å². The van der Waals surface area contributed by atoms with Crippen LogP contribution in [0, 0.1) is 5.82 Å². The minimum atomic E-state index is -0.256. The Balaban J connectivity index is 2.14. The molecule has 0 bridgehead atoms. The van der Waals surface area contributed by atoms with Crippen molar-refractivity contribution in [1.82, 2.24) is 14.9 Å². The molecule has 0 aliphatic rings. The number of benzene rings is 1. The van der Waals surface area contributed by atoms with Gasteiger partial charge in [0.15, 0.2) is 0 Å². The van der Waals surface area contributed by atoms with Gasteiger partial charge in [-0.15, -0.1) is 0 Å². The van der Waals surface area contributed by atoms with E-state index >= 15 is 0 Å². The highest BCUT2D eigenvalue weighted by Crippen LogP contribution is 2.15. The summed E-state index contributed by atoms with van der Waals surface area (Å²) >= 11 is 0. The molecule has 0 saturated heterocycles. The van der Waals surface area contributed by atoms with Gasteiger partial charge in [-0.05, 0) is 39.2 Å². The van der Waals surface area contributed by atoms with Crippen molar-refractivity contribution in [1.29, 1.82) is 0 Å². The molecule has 2 N–H and O–H groups in total. The predicted octanol–water partition coefficient (Wildman–Crippen LogP) is 2.06. The van der Waals surface area contributed by atoms with E-state index in [9.17, 15) is 4.39 Å². The lowest BCUT2D eigenvalue weighted by molar-refractivity contribution is 0.391. The molecule has 1 atom stereocenters. The van der Waals surface area contributed by atoms with Crippen LogP contribution in [0.3, 0.4) is 0 Å². The molecule has 5 heteroatoms. The smallest absolute Gasteiger partial charge is 0.201 e. The number of hydrogen-bond donors (Lipinski definition) is 2. The van der Waals surface area contributed by atoms with Gasteiger partial charge in [0.1, 0.15) is 5.82 Å². The first-order valence-electron chi connectivity index (χ1n) is 5.61. The lowest BCUT2D eigenvalue weighted by Gasteiger charge is -2.17. The summed E-state index contributed by atoms with van der Waals surface area (Å²) in [6.45, 7) is 2.99. The minimum Gasteiger partial charge on any atom is -0.352 e. The SMILES string of the molecule is CC(CN(C)C)Nc1nc2ccc(F)cc2[nH]1. The molecule has 92 valence electrons. The van der Waals surface area contributed by atoms with Crippen molar-refractivity contribution in [2.24, 2.45) is 0 Å². The number of imidazole rings is 1. The van der Waals surface area contributed by atoms with Gasteiger partial charge in [0.25, 0.3) is 0 Å². The average molecular weight is 236 g/mol. The Bertz CT molecular complexity index is 506. The van der Waals surface area contributed by atoms with Gasteiger partial charge < -0.3 is 15.2 Å². The zero-order valence-corrected chi connectivity index (χ0v) is 10.3. The topological polar surface area (TPSA) is 44.0 Å². The van der Waals surface area contributed by atoms with Crippen molar-refractivity contribution < 1.29 is 4.39 Å². The highest BCUT2D eigenvalue weighted by Gasteiger charge is 2.07. The molecule has 17 heavy (non-hydrogen) atoms. The van der Waals surface area contributed by atoms with E-state index in [4.69, 9.17) is 0 Å². The zero-order valence-electron chi connectivity index (χ0n) is 10.3. The summed E-state index contributed by atoms with van der Waals surface area (Å²) in [7, 11) is 4.04. The van der Waals surface area contributed by atoms with Crippen LogP contribution in [0.4, 0.5) is 10.3 Å². The van der Waals surface area contributed by atoms with Gasteiger partial charge >= 0.3 is 0 Å². The van der Waals surface area contributed by atoms with Crippen LogP contribution in [0.5, 0.6) is 0 Å². The van der Waals surface area contributed by atoms with Crippen molar-refractivity contribution in [2.75, 3.05) is 26.0 Å². The van der Waals surface area contributed by atoms with E-state index in [0.29, 0.717) is 11.5 Å². The van der Waals surface area contributed by atoms with E-state index in [0.717, 1.165) is 12.1 Å². The van der Waals surface area contributed by atoms with E-state index in [1.165, 1.54) is 12.1 Å². The van der Waals surface area contributed by atoms with Gasteiger partial charge in [0.2, 0.25) is 5.95 Å².